The van der Waals surface area contributed by atoms with E-state index in [1.807, 2.05) is 13.8 Å². The first kappa shape index (κ1) is 30.9. The predicted octanol–water partition coefficient (Wildman–Crippen LogP) is 3.81. The Hall–Kier alpha value is -3.14. The summed E-state index contributed by atoms with van der Waals surface area (Å²) in [4.78, 5) is 48.5. The second-order valence-electron chi connectivity index (χ2n) is 9.66. The number of hydrogen-bond donors (Lipinski definition) is 1. The van der Waals surface area contributed by atoms with Crippen molar-refractivity contribution < 1.29 is 42.9 Å². The minimum absolute atomic E-state index is 0.0519. The van der Waals surface area contributed by atoms with Crippen LogP contribution in [0.25, 0.3) is 0 Å². The first-order valence-corrected chi connectivity index (χ1v) is 12.1. The van der Waals surface area contributed by atoms with E-state index in [2.05, 4.69) is 0 Å². The molecule has 2 N–H and O–H groups in total. The molecular weight excluding hydrogens is 470 g/mol. The molecule has 0 saturated carbocycles. The highest BCUT2D eigenvalue weighted by atomic mass is 16.7. The molecular formula is C26H39NO9. The number of benzene rings is 1. The maximum atomic E-state index is 12.5. The van der Waals surface area contributed by atoms with Crippen LogP contribution < -0.4 is 15.2 Å². The van der Waals surface area contributed by atoms with Crippen LogP contribution in [-0.4, -0.2) is 48.9 Å². The third kappa shape index (κ3) is 10.6. The van der Waals surface area contributed by atoms with Crippen molar-refractivity contribution in [1.82, 2.24) is 0 Å². The van der Waals surface area contributed by atoms with Gasteiger partial charge in [-0.25, -0.2) is 4.79 Å². The quantitative estimate of drug-likeness (QED) is 0.327. The summed E-state index contributed by atoms with van der Waals surface area (Å²) in [7, 11) is 0. The first-order valence-electron chi connectivity index (χ1n) is 12.1. The van der Waals surface area contributed by atoms with Gasteiger partial charge < -0.3 is 29.4 Å². The van der Waals surface area contributed by atoms with Gasteiger partial charge in [-0.15, -0.1) is 0 Å². The number of rotatable bonds is 12. The molecule has 1 aromatic carbocycles. The van der Waals surface area contributed by atoms with Crippen molar-refractivity contribution >= 4 is 24.1 Å². The molecule has 0 saturated heterocycles. The standard InChI is InChI=1S/C26H39NO9/c1-14(2)13-32-26(31)34-18(8)17(7)33-25(30)20(27)11-19-9-10-21(35-23(28)15(3)4)22(12-19)36-24(29)16(5)6/h9-10,12,14-18,20H,11,13,27H2,1-8H3/t17-,18-,20-/m0/s1. The summed E-state index contributed by atoms with van der Waals surface area (Å²) in [6.45, 7) is 13.9. The molecule has 0 heterocycles. The fraction of sp³-hybridized carbons (Fsp3) is 0.615. The number of esters is 3. The van der Waals surface area contributed by atoms with Crippen LogP contribution in [0.15, 0.2) is 18.2 Å². The lowest BCUT2D eigenvalue weighted by Gasteiger charge is -2.22. The molecule has 0 radical (unpaired) electrons. The lowest BCUT2D eigenvalue weighted by atomic mass is 10.1. The van der Waals surface area contributed by atoms with Gasteiger partial charge in [0.15, 0.2) is 11.5 Å². The van der Waals surface area contributed by atoms with Crippen LogP contribution in [0, 0.1) is 17.8 Å². The molecule has 10 heteroatoms. The smallest absolute Gasteiger partial charge is 0.458 e. The van der Waals surface area contributed by atoms with Gasteiger partial charge in [-0.1, -0.05) is 47.6 Å². The third-order valence-electron chi connectivity index (χ3n) is 4.91. The zero-order valence-electron chi connectivity index (χ0n) is 22.4. The molecule has 1 rings (SSSR count). The summed E-state index contributed by atoms with van der Waals surface area (Å²) in [5, 5.41) is 0. The zero-order valence-corrected chi connectivity index (χ0v) is 22.4. The van der Waals surface area contributed by atoms with Crippen molar-refractivity contribution in [2.45, 2.75) is 80.1 Å². The Bertz CT molecular complexity index is 911. The van der Waals surface area contributed by atoms with Gasteiger partial charge in [0.25, 0.3) is 0 Å². The van der Waals surface area contributed by atoms with E-state index in [4.69, 9.17) is 29.4 Å². The monoisotopic (exact) mass is 509 g/mol. The van der Waals surface area contributed by atoms with Crippen LogP contribution in [0.1, 0.15) is 61.0 Å². The summed E-state index contributed by atoms with van der Waals surface area (Å²) in [6.07, 6.45) is -2.31. The highest BCUT2D eigenvalue weighted by molar-refractivity contribution is 5.78. The van der Waals surface area contributed by atoms with Crippen molar-refractivity contribution in [2.24, 2.45) is 23.5 Å². The zero-order chi connectivity index (χ0) is 27.6. The molecule has 0 aliphatic carbocycles. The highest BCUT2D eigenvalue weighted by Gasteiger charge is 2.25. The second kappa shape index (κ2) is 14.4. The number of ether oxygens (including phenoxy) is 5. The molecule has 0 amide bonds. The van der Waals surface area contributed by atoms with Gasteiger partial charge in [0, 0.05) is 0 Å². The lowest BCUT2D eigenvalue weighted by Crippen LogP contribution is -2.39. The Balaban J connectivity index is 2.85. The first-order chi connectivity index (χ1) is 16.7. The summed E-state index contributed by atoms with van der Waals surface area (Å²) in [5.41, 5.74) is 6.60. The van der Waals surface area contributed by atoms with Crippen LogP contribution >= 0.6 is 0 Å². The molecule has 0 aromatic heterocycles. The minimum Gasteiger partial charge on any atom is -0.458 e. The topological polar surface area (TPSA) is 140 Å². The van der Waals surface area contributed by atoms with Gasteiger partial charge in [-0.3, -0.25) is 14.4 Å². The molecule has 0 bridgehead atoms. The molecule has 0 aliphatic rings. The van der Waals surface area contributed by atoms with Gasteiger partial charge in [0.05, 0.1) is 18.4 Å². The van der Waals surface area contributed by atoms with Crippen LogP contribution in [0.5, 0.6) is 11.5 Å². The molecule has 0 aliphatic heterocycles. The van der Waals surface area contributed by atoms with E-state index < -0.39 is 48.2 Å². The summed E-state index contributed by atoms with van der Waals surface area (Å²) in [5.74, 6) is -2.19. The molecule has 0 spiro atoms. The fourth-order valence-electron chi connectivity index (χ4n) is 2.52. The van der Waals surface area contributed by atoms with E-state index in [-0.39, 0.29) is 36.4 Å². The van der Waals surface area contributed by atoms with Gasteiger partial charge in [-0.2, -0.15) is 0 Å². The fourth-order valence-corrected chi connectivity index (χ4v) is 2.52. The van der Waals surface area contributed by atoms with Crippen molar-refractivity contribution in [3.8, 4) is 11.5 Å². The van der Waals surface area contributed by atoms with Crippen molar-refractivity contribution in [3.05, 3.63) is 23.8 Å². The summed E-state index contributed by atoms with van der Waals surface area (Å²) < 4.78 is 26.2. The molecule has 1 aromatic rings. The molecule has 10 nitrogen and oxygen atoms in total. The lowest BCUT2D eigenvalue weighted by molar-refractivity contribution is -0.155. The van der Waals surface area contributed by atoms with E-state index in [0.717, 1.165) is 0 Å². The van der Waals surface area contributed by atoms with Crippen LogP contribution in [0.2, 0.25) is 0 Å². The molecule has 202 valence electrons. The second-order valence-corrected chi connectivity index (χ2v) is 9.66. The van der Waals surface area contributed by atoms with Crippen molar-refractivity contribution in [1.29, 1.82) is 0 Å². The molecule has 36 heavy (non-hydrogen) atoms. The van der Waals surface area contributed by atoms with Gasteiger partial charge in [0.1, 0.15) is 18.2 Å². The molecule has 0 unspecified atom stereocenters. The maximum Gasteiger partial charge on any atom is 0.508 e. The van der Waals surface area contributed by atoms with E-state index in [9.17, 15) is 19.2 Å². The molecule has 3 atom stereocenters. The Labute approximate surface area is 212 Å². The predicted molar refractivity (Wildman–Crippen MR) is 131 cm³/mol. The maximum absolute atomic E-state index is 12.5. The number of nitrogens with two attached hydrogens (primary N) is 1. The number of carbonyl (C=O) groups excluding carboxylic acids is 4. The summed E-state index contributed by atoms with van der Waals surface area (Å²) >= 11 is 0. The van der Waals surface area contributed by atoms with Crippen molar-refractivity contribution in [2.75, 3.05) is 6.61 Å². The van der Waals surface area contributed by atoms with E-state index in [1.165, 1.54) is 12.1 Å². The normalized spacial score (nSPS) is 13.7. The number of carbonyl (C=O) groups is 4. The van der Waals surface area contributed by atoms with E-state index in [1.54, 1.807) is 47.6 Å². The van der Waals surface area contributed by atoms with Gasteiger partial charge >= 0.3 is 24.1 Å². The Morgan fingerprint density at radius 1 is 0.750 bits per heavy atom. The SMILES string of the molecule is CC(C)COC(=O)O[C@@H](C)[C@H](C)OC(=O)[C@@H](N)Cc1ccc(OC(=O)C(C)C)c(OC(=O)C(C)C)c1. The van der Waals surface area contributed by atoms with Crippen LogP contribution in [0.3, 0.4) is 0 Å². The average molecular weight is 510 g/mol. The minimum atomic E-state index is -1.05. The largest absolute Gasteiger partial charge is 0.508 e. The van der Waals surface area contributed by atoms with Crippen molar-refractivity contribution in [3.63, 3.8) is 0 Å². The molecule has 0 fully saturated rings. The highest BCUT2D eigenvalue weighted by Crippen LogP contribution is 2.30. The number of hydrogen-bond acceptors (Lipinski definition) is 10. The van der Waals surface area contributed by atoms with Crippen LogP contribution in [0.4, 0.5) is 4.79 Å². The Kier molecular flexibility index (Phi) is 12.4. The van der Waals surface area contributed by atoms with E-state index in [0.29, 0.717) is 5.56 Å². The average Bonchev–Trinajstić information content (AvgIpc) is 2.78. The van der Waals surface area contributed by atoms with E-state index >= 15 is 0 Å². The van der Waals surface area contributed by atoms with Gasteiger partial charge in [-0.05, 0) is 43.9 Å². The van der Waals surface area contributed by atoms with Gasteiger partial charge in [0.2, 0.25) is 0 Å². The van der Waals surface area contributed by atoms with Crippen LogP contribution in [-0.2, 0) is 35.0 Å². The Morgan fingerprint density at radius 2 is 1.28 bits per heavy atom. The summed E-state index contributed by atoms with van der Waals surface area (Å²) in [6, 6.07) is 3.54. The Morgan fingerprint density at radius 3 is 1.81 bits per heavy atom. The third-order valence-corrected chi connectivity index (χ3v) is 4.91.